The maximum atomic E-state index is 5.89. The molecule has 0 saturated carbocycles. The number of nitrogens with one attached hydrogen (secondary N) is 1. The van der Waals surface area contributed by atoms with E-state index in [9.17, 15) is 0 Å². The number of hydrogen-bond donors (Lipinski definition) is 1. The third kappa shape index (κ3) is 3.17. The number of rotatable bonds is 4. The van der Waals surface area contributed by atoms with Crippen LogP contribution >= 0.6 is 11.6 Å². The summed E-state index contributed by atoms with van der Waals surface area (Å²) in [5.41, 5.74) is 0.829. The van der Waals surface area contributed by atoms with Gasteiger partial charge in [-0.3, -0.25) is 0 Å². The summed E-state index contributed by atoms with van der Waals surface area (Å²) in [6.07, 6.45) is 0.748. The summed E-state index contributed by atoms with van der Waals surface area (Å²) < 4.78 is 4.97. The molecule has 0 aromatic carbocycles. The van der Waals surface area contributed by atoms with Crippen molar-refractivity contribution in [1.82, 2.24) is 15.1 Å². The second-order valence-electron chi connectivity index (χ2n) is 3.63. The van der Waals surface area contributed by atoms with E-state index in [0.717, 1.165) is 23.7 Å². The molecule has 90 valence electrons. The zero-order valence-electron chi connectivity index (χ0n) is 9.70. The molecule has 5 nitrogen and oxygen atoms in total. The highest BCUT2D eigenvalue weighted by molar-refractivity contribution is 6.29. The van der Waals surface area contributed by atoms with E-state index in [1.54, 1.807) is 6.07 Å². The normalized spacial score (nSPS) is 10.5. The van der Waals surface area contributed by atoms with Crippen molar-refractivity contribution in [3.63, 3.8) is 0 Å². The smallest absolute Gasteiger partial charge is 0.134 e. The largest absolute Gasteiger partial charge is 0.364 e. The summed E-state index contributed by atoms with van der Waals surface area (Å²) in [6, 6.07) is 3.56. The van der Waals surface area contributed by atoms with Gasteiger partial charge in [0.1, 0.15) is 28.2 Å². The molecule has 2 aromatic heterocycles. The van der Waals surface area contributed by atoms with E-state index in [4.69, 9.17) is 16.1 Å². The summed E-state index contributed by atoms with van der Waals surface area (Å²) in [5, 5.41) is 7.45. The highest BCUT2D eigenvalue weighted by atomic mass is 35.5. The molecule has 2 rings (SSSR count). The Balaban J connectivity index is 2.05. The lowest BCUT2D eigenvalue weighted by molar-refractivity contribution is 0.391. The Morgan fingerprint density at radius 3 is 2.82 bits per heavy atom. The minimum Gasteiger partial charge on any atom is -0.364 e. The Morgan fingerprint density at radius 1 is 1.35 bits per heavy atom. The van der Waals surface area contributed by atoms with Gasteiger partial charge in [-0.1, -0.05) is 23.7 Å². The van der Waals surface area contributed by atoms with Gasteiger partial charge >= 0.3 is 0 Å². The molecular weight excluding hydrogens is 240 g/mol. The van der Waals surface area contributed by atoms with Crippen LogP contribution in [-0.2, 0) is 13.0 Å². The number of halogens is 1. The van der Waals surface area contributed by atoms with Crippen LogP contribution in [0.5, 0.6) is 0 Å². The van der Waals surface area contributed by atoms with Gasteiger partial charge in [0.25, 0.3) is 0 Å². The zero-order valence-corrected chi connectivity index (χ0v) is 10.5. The number of nitrogens with zero attached hydrogens (tertiary/aromatic N) is 3. The minimum atomic E-state index is 0.440. The van der Waals surface area contributed by atoms with Gasteiger partial charge in [0, 0.05) is 18.6 Å². The first-order valence-electron chi connectivity index (χ1n) is 5.37. The highest BCUT2D eigenvalue weighted by Crippen LogP contribution is 2.13. The van der Waals surface area contributed by atoms with Gasteiger partial charge in [-0.15, -0.1) is 0 Å². The summed E-state index contributed by atoms with van der Waals surface area (Å²) in [6.45, 7) is 4.39. The number of aryl methyl sites for hydroxylation is 2. The topological polar surface area (TPSA) is 63.8 Å². The van der Waals surface area contributed by atoms with Crippen LogP contribution in [0.1, 0.15) is 24.2 Å². The van der Waals surface area contributed by atoms with Crippen molar-refractivity contribution in [3.8, 4) is 0 Å². The molecule has 0 fully saturated rings. The number of anilines is 1. The summed E-state index contributed by atoms with van der Waals surface area (Å²) in [4.78, 5) is 8.40. The Hall–Kier alpha value is -1.62. The molecule has 0 aliphatic heterocycles. The van der Waals surface area contributed by atoms with Crippen LogP contribution in [0.2, 0.25) is 5.15 Å². The minimum absolute atomic E-state index is 0.440. The molecule has 0 spiro atoms. The van der Waals surface area contributed by atoms with Crippen LogP contribution in [-0.4, -0.2) is 15.1 Å². The maximum Gasteiger partial charge on any atom is 0.134 e. The molecule has 2 heterocycles. The molecule has 0 bridgehead atoms. The third-order valence-corrected chi connectivity index (χ3v) is 2.38. The first-order valence-corrected chi connectivity index (χ1v) is 5.74. The SMILES string of the molecule is CCc1nc(Cl)cc(NCc2cc(C)on2)n1. The molecule has 0 unspecified atom stereocenters. The molecule has 6 heteroatoms. The van der Waals surface area contributed by atoms with E-state index >= 15 is 0 Å². The van der Waals surface area contributed by atoms with Crippen LogP contribution in [0, 0.1) is 6.92 Å². The molecule has 0 amide bonds. The van der Waals surface area contributed by atoms with Crippen LogP contribution in [0.4, 0.5) is 5.82 Å². The lowest BCUT2D eigenvalue weighted by Crippen LogP contribution is -2.04. The Labute approximate surface area is 104 Å². The lowest BCUT2D eigenvalue weighted by Gasteiger charge is -2.05. The predicted molar refractivity (Wildman–Crippen MR) is 65.0 cm³/mol. The number of aromatic nitrogens is 3. The van der Waals surface area contributed by atoms with Crippen molar-refractivity contribution >= 4 is 17.4 Å². The third-order valence-electron chi connectivity index (χ3n) is 2.18. The highest BCUT2D eigenvalue weighted by Gasteiger charge is 2.03. The Kier molecular flexibility index (Phi) is 3.58. The van der Waals surface area contributed by atoms with E-state index in [2.05, 4.69) is 20.4 Å². The van der Waals surface area contributed by atoms with Crippen molar-refractivity contribution in [3.05, 3.63) is 34.6 Å². The predicted octanol–water partition coefficient (Wildman–Crippen LogP) is 2.60. The monoisotopic (exact) mass is 252 g/mol. The summed E-state index contributed by atoms with van der Waals surface area (Å²) >= 11 is 5.89. The van der Waals surface area contributed by atoms with Crippen LogP contribution in [0.25, 0.3) is 0 Å². The van der Waals surface area contributed by atoms with Crippen LogP contribution in [0.15, 0.2) is 16.7 Å². The Bertz CT molecular complexity index is 512. The van der Waals surface area contributed by atoms with E-state index in [1.165, 1.54) is 0 Å². The fourth-order valence-electron chi connectivity index (χ4n) is 1.40. The maximum absolute atomic E-state index is 5.89. The van der Waals surface area contributed by atoms with Crippen molar-refractivity contribution in [2.75, 3.05) is 5.32 Å². The van der Waals surface area contributed by atoms with Crippen LogP contribution in [0.3, 0.4) is 0 Å². The first-order chi connectivity index (χ1) is 8.17. The van der Waals surface area contributed by atoms with Crippen molar-refractivity contribution in [1.29, 1.82) is 0 Å². The number of hydrogen-bond acceptors (Lipinski definition) is 5. The van der Waals surface area contributed by atoms with Gasteiger partial charge in [-0.05, 0) is 6.92 Å². The van der Waals surface area contributed by atoms with Gasteiger partial charge in [0.2, 0.25) is 0 Å². The van der Waals surface area contributed by atoms with Crippen molar-refractivity contribution < 1.29 is 4.52 Å². The average Bonchev–Trinajstić information content (AvgIpc) is 2.72. The second kappa shape index (κ2) is 5.14. The van der Waals surface area contributed by atoms with Gasteiger partial charge in [-0.25, -0.2) is 9.97 Å². The quantitative estimate of drug-likeness (QED) is 0.848. The fraction of sp³-hybridized carbons (Fsp3) is 0.364. The van der Waals surface area contributed by atoms with Gasteiger partial charge in [0.15, 0.2) is 0 Å². The van der Waals surface area contributed by atoms with Gasteiger partial charge in [0.05, 0.1) is 6.54 Å². The lowest BCUT2D eigenvalue weighted by atomic mass is 10.3. The molecule has 0 aliphatic rings. The van der Waals surface area contributed by atoms with Gasteiger partial charge in [-0.2, -0.15) is 0 Å². The second-order valence-corrected chi connectivity index (χ2v) is 4.02. The molecule has 17 heavy (non-hydrogen) atoms. The fourth-order valence-corrected chi connectivity index (χ4v) is 1.60. The average molecular weight is 253 g/mol. The molecule has 0 saturated heterocycles. The molecule has 2 aromatic rings. The standard InChI is InChI=1S/C11H13ClN4O/c1-3-10-14-9(12)5-11(15-10)13-6-8-4-7(2)17-16-8/h4-5H,3,6H2,1-2H3,(H,13,14,15). The van der Waals surface area contributed by atoms with E-state index in [1.807, 2.05) is 19.9 Å². The van der Waals surface area contributed by atoms with Crippen molar-refractivity contribution in [2.45, 2.75) is 26.8 Å². The zero-order chi connectivity index (χ0) is 12.3. The first kappa shape index (κ1) is 11.9. The van der Waals surface area contributed by atoms with E-state index in [0.29, 0.717) is 17.5 Å². The molecular formula is C11H13ClN4O. The molecule has 0 aliphatic carbocycles. The van der Waals surface area contributed by atoms with Crippen molar-refractivity contribution in [2.24, 2.45) is 0 Å². The van der Waals surface area contributed by atoms with Crippen LogP contribution < -0.4 is 5.32 Å². The van der Waals surface area contributed by atoms with Gasteiger partial charge < -0.3 is 9.84 Å². The molecule has 1 N–H and O–H groups in total. The Morgan fingerprint density at radius 2 is 2.18 bits per heavy atom. The summed E-state index contributed by atoms with van der Waals surface area (Å²) in [7, 11) is 0. The molecule has 0 radical (unpaired) electrons. The molecule has 0 atom stereocenters. The van der Waals surface area contributed by atoms with E-state index in [-0.39, 0.29) is 0 Å². The van der Waals surface area contributed by atoms with E-state index < -0.39 is 0 Å². The summed E-state index contributed by atoms with van der Waals surface area (Å²) in [5.74, 6) is 2.20.